The predicted octanol–water partition coefficient (Wildman–Crippen LogP) is 0.895. The van der Waals surface area contributed by atoms with Gasteiger partial charge in [0.2, 0.25) is 0 Å². The Morgan fingerprint density at radius 2 is 1.80 bits per heavy atom. The number of nitriles is 2. The quantitative estimate of drug-likeness (QED) is 0.764. The Hall–Kier alpha value is -1.98. The average Bonchev–Trinajstić information content (AvgIpc) is 2.17. The van der Waals surface area contributed by atoms with Gasteiger partial charge >= 0.3 is 0 Å². The highest BCUT2D eigenvalue weighted by Gasteiger charge is 2.10. The van der Waals surface area contributed by atoms with E-state index in [1.807, 2.05) is 12.1 Å². The Morgan fingerprint density at radius 3 is 2.20 bits per heavy atom. The van der Waals surface area contributed by atoms with Crippen molar-refractivity contribution in [2.24, 2.45) is 0 Å². The summed E-state index contributed by atoms with van der Waals surface area (Å²) in [6, 6.07) is 5.29. The molecule has 0 amide bonds. The monoisotopic (exact) mass is 223 g/mol. The van der Waals surface area contributed by atoms with E-state index in [0.29, 0.717) is 11.4 Å². The van der Waals surface area contributed by atoms with Crippen molar-refractivity contribution >= 4 is 24.0 Å². The van der Waals surface area contributed by atoms with Crippen LogP contribution in [0.25, 0.3) is 0 Å². The van der Waals surface area contributed by atoms with Gasteiger partial charge in [-0.15, -0.1) is 12.4 Å². The van der Waals surface area contributed by atoms with E-state index >= 15 is 0 Å². The van der Waals surface area contributed by atoms with E-state index in [1.165, 1.54) is 6.07 Å². The number of nitrogen functional groups attached to an aromatic ring is 1. The Balaban J connectivity index is 0.00000196. The van der Waals surface area contributed by atoms with Crippen LogP contribution in [0.1, 0.15) is 11.1 Å². The first-order valence-corrected chi connectivity index (χ1v) is 3.88. The molecule has 0 atom stereocenters. The van der Waals surface area contributed by atoms with Crippen LogP contribution in [0.3, 0.4) is 0 Å². The summed E-state index contributed by atoms with van der Waals surface area (Å²) in [7, 11) is 3.52. The van der Waals surface area contributed by atoms with E-state index in [4.69, 9.17) is 16.3 Å². The molecule has 6 heteroatoms. The summed E-state index contributed by atoms with van der Waals surface area (Å²) in [4.78, 5) is 5.65. The lowest BCUT2D eigenvalue weighted by Crippen LogP contribution is -2.14. The van der Waals surface area contributed by atoms with Gasteiger partial charge in [0.15, 0.2) is 0 Å². The number of hydrogen-bond acceptors (Lipinski definition) is 5. The molecule has 0 aromatic carbocycles. The molecule has 1 heterocycles. The zero-order chi connectivity index (χ0) is 10.7. The maximum Gasteiger partial charge on any atom is 0.148 e. The van der Waals surface area contributed by atoms with Crippen molar-refractivity contribution in [1.82, 2.24) is 4.98 Å². The zero-order valence-electron chi connectivity index (χ0n) is 8.35. The normalized spacial score (nSPS) is 8.27. The van der Waals surface area contributed by atoms with Crippen molar-refractivity contribution in [3.05, 3.63) is 17.2 Å². The molecule has 1 aromatic rings. The maximum atomic E-state index is 8.81. The number of rotatable bonds is 1. The molecule has 1 aromatic heterocycles. The molecule has 0 spiro atoms. The molecule has 2 N–H and O–H groups in total. The topological polar surface area (TPSA) is 89.7 Å². The molecule has 0 unspecified atom stereocenters. The van der Waals surface area contributed by atoms with Gasteiger partial charge < -0.3 is 10.6 Å². The maximum absolute atomic E-state index is 8.81. The fourth-order valence-corrected chi connectivity index (χ4v) is 1.03. The lowest BCUT2D eigenvalue weighted by molar-refractivity contribution is 1.06. The van der Waals surface area contributed by atoms with E-state index in [0.717, 1.165) is 0 Å². The van der Waals surface area contributed by atoms with Gasteiger partial charge in [-0.25, -0.2) is 4.98 Å². The zero-order valence-corrected chi connectivity index (χ0v) is 9.17. The van der Waals surface area contributed by atoms with Crippen molar-refractivity contribution in [3.8, 4) is 12.1 Å². The standard InChI is InChI=1S/C9H9N5.ClH/c1-14(2)9-7(5-11)3-6(4-10)8(12)13-9;/h3H,1-2H3,(H2,12,13);1H. The third kappa shape index (κ3) is 2.49. The number of nitrogens with zero attached hydrogens (tertiary/aromatic N) is 4. The summed E-state index contributed by atoms with van der Waals surface area (Å²) >= 11 is 0. The number of nitrogens with two attached hydrogens (primary N) is 1. The van der Waals surface area contributed by atoms with E-state index in [1.54, 1.807) is 19.0 Å². The van der Waals surface area contributed by atoms with Gasteiger partial charge in [-0.3, -0.25) is 0 Å². The molecule has 5 nitrogen and oxygen atoms in total. The lowest BCUT2D eigenvalue weighted by Gasteiger charge is -2.13. The Morgan fingerprint density at radius 1 is 1.27 bits per heavy atom. The van der Waals surface area contributed by atoms with Gasteiger partial charge in [0.05, 0.1) is 11.1 Å². The molecule has 0 fully saturated rings. The van der Waals surface area contributed by atoms with Gasteiger partial charge in [-0.2, -0.15) is 10.5 Å². The van der Waals surface area contributed by atoms with Gasteiger partial charge in [-0.1, -0.05) is 0 Å². The fourth-order valence-electron chi connectivity index (χ4n) is 1.03. The van der Waals surface area contributed by atoms with Gasteiger partial charge in [0.1, 0.15) is 23.8 Å². The summed E-state index contributed by atoms with van der Waals surface area (Å²) in [5.74, 6) is 0.624. The summed E-state index contributed by atoms with van der Waals surface area (Å²) in [5.41, 5.74) is 6.10. The second kappa shape index (κ2) is 5.04. The Labute approximate surface area is 94.1 Å². The summed E-state index contributed by atoms with van der Waals surface area (Å²) < 4.78 is 0. The largest absolute Gasteiger partial charge is 0.383 e. The van der Waals surface area contributed by atoms with Crippen LogP contribution in [0.4, 0.5) is 11.6 Å². The second-order valence-electron chi connectivity index (χ2n) is 2.91. The van der Waals surface area contributed by atoms with Crippen molar-refractivity contribution in [1.29, 1.82) is 10.5 Å². The second-order valence-corrected chi connectivity index (χ2v) is 2.91. The first kappa shape index (κ1) is 13.0. The highest BCUT2D eigenvalue weighted by molar-refractivity contribution is 5.85. The highest BCUT2D eigenvalue weighted by atomic mass is 35.5. The molecule has 0 aliphatic carbocycles. The molecule has 1 rings (SSSR count). The number of anilines is 2. The van der Waals surface area contributed by atoms with Crippen LogP contribution >= 0.6 is 12.4 Å². The van der Waals surface area contributed by atoms with Crippen LogP contribution in [-0.4, -0.2) is 19.1 Å². The van der Waals surface area contributed by atoms with Crippen LogP contribution in [0, 0.1) is 22.7 Å². The van der Waals surface area contributed by atoms with Crippen molar-refractivity contribution in [3.63, 3.8) is 0 Å². The first-order valence-electron chi connectivity index (χ1n) is 3.88. The highest BCUT2D eigenvalue weighted by Crippen LogP contribution is 2.19. The van der Waals surface area contributed by atoms with E-state index in [9.17, 15) is 0 Å². The SMILES string of the molecule is CN(C)c1nc(N)c(C#N)cc1C#N.Cl. The van der Waals surface area contributed by atoms with Crippen LogP contribution in [0.5, 0.6) is 0 Å². The molecule has 0 aliphatic heterocycles. The molecule has 15 heavy (non-hydrogen) atoms. The van der Waals surface area contributed by atoms with E-state index in [-0.39, 0.29) is 23.8 Å². The molecule has 0 saturated heterocycles. The number of aromatic nitrogens is 1. The minimum absolute atomic E-state index is 0. The van der Waals surface area contributed by atoms with Gasteiger partial charge in [0.25, 0.3) is 0 Å². The summed E-state index contributed by atoms with van der Waals surface area (Å²) in [6.45, 7) is 0. The van der Waals surface area contributed by atoms with E-state index < -0.39 is 0 Å². The third-order valence-corrected chi connectivity index (χ3v) is 1.70. The Kier molecular flexibility index (Phi) is 4.37. The van der Waals surface area contributed by atoms with Crippen molar-refractivity contribution in [2.75, 3.05) is 24.7 Å². The first-order chi connectivity index (χ1) is 6.60. The molecule has 0 saturated carbocycles. The molecule has 78 valence electrons. The van der Waals surface area contributed by atoms with Crippen molar-refractivity contribution < 1.29 is 0 Å². The molecule has 0 bridgehead atoms. The lowest BCUT2D eigenvalue weighted by atomic mass is 10.2. The van der Waals surface area contributed by atoms with Crippen molar-refractivity contribution in [2.45, 2.75) is 0 Å². The summed E-state index contributed by atoms with van der Waals surface area (Å²) in [5, 5.41) is 17.5. The minimum Gasteiger partial charge on any atom is -0.383 e. The predicted molar refractivity (Wildman–Crippen MR) is 59.7 cm³/mol. The summed E-state index contributed by atoms with van der Waals surface area (Å²) in [6.07, 6.45) is 0. The van der Waals surface area contributed by atoms with Crippen LogP contribution < -0.4 is 10.6 Å². The minimum atomic E-state index is 0. The van der Waals surface area contributed by atoms with E-state index in [2.05, 4.69) is 4.98 Å². The average molecular weight is 224 g/mol. The Bertz CT molecular complexity index is 441. The smallest absolute Gasteiger partial charge is 0.148 e. The van der Waals surface area contributed by atoms with Gasteiger partial charge in [0, 0.05) is 14.1 Å². The number of hydrogen-bond donors (Lipinski definition) is 1. The van der Waals surface area contributed by atoms with Crippen LogP contribution in [-0.2, 0) is 0 Å². The fraction of sp³-hybridized carbons (Fsp3) is 0.222. The van der Waals surface area contributed by atoms with Crippen LogP contribution in [0.2, 0.25) is 0 Å². The molecular formula is C9H10ClN5. The van der Waals surface area contributed by atoms with Gasteiger partial charge in [-0.05, 0) is 6.07 Å². The van der Waals surface area contributed by atoms with Crippen LogP contribution in [0.15, 0.2) is 6.07 Å². The number of halogens is 1. The number of pyridine rings is 1. The third-order valence-electron chi connectivity index (χ3n) is 1.70. The molecule has 0 aliphatic rings. The molecular weight excluding hydrogens is 214 g/mol. The molecule has 0 radical (unpaired) electrons.